The molecule has 0 saturated heterocycles. The maximum absolute atomic E-state index is 10.4. The molecule has 0 radical (unpaired) electrons. The number of aliphatic hydroxyl groups excluding tert-OH is 2. The molecule has 2 rings (SSSR count). The number of phenolic OH excluding ortho intramolecular Hbond substituents is 1. The van der Waals surface area contributed by atoms with Crippen LogP contribution in [0.25, 0.3) is 16.8 Å². The van der Waals surface area contributed by atoms with Crippen molar-refractivity contribution in [2.75, 3.05) is 6.61 Å². The van der Waals surface area contributed by atoms with Crippen molar-refractivity contribution in [1.82, 2.24) is 0 Å². The van der Waals surface area contributed by atoms with E-state index in [0.29, 0.717) is 12.0 Å². The molecule has 0 fully saturated rings. The van der Waals surface area contributed by atoms with Gasteiger partial charge in [-0.1, -0.05) is 67.1 Å². The fourth-order valence-electron chi connectivity index (χ4n) is 3.17. The van der Waals surface area contributed by atoms with Crippen LogP contribution in [-0.2, 0) is 0 Å². The molecule has 138 valence electrons. The zero-order valence-corrected chi connectivity index (χ0v) is 15.6. The molecule has 26 heavy (non-hydrogen) atoms. The van der Waals surface area contributed by atoms with Crippen molar-refractivity contribution < 1.29 is 15.3 Å². The van der Waals surface area contributed by atoms with Crippen molar-refractivity contribution in [2.45, 2.75) is 39.2 Å². The van der Waals surface area contributed by atoms with Crippen LogP contribution in [0.1, 0.15) is 38.7 Å². The van der Waals surface area contributed by atoms with Crippen molar-refractivity contribution in [3.8, 4) is 5.75 Å². The van der Waals surface area contributed by atoms with E-state index in [1.54, 1.807) is 12.1 Å². The van der Waals surface area contributed by atoms with Gasteiger partial charge in [0.05, 0.1) is 12.7 Å². The van der Waals surface area contributed by atoms with Gasteiger partial charge in [-0.3, -0.25) is 0 Å². The van der Waals surface area contributed by atoms with Crippen molar-refractivity contribution in [3.63, 3.8) is 0 Å². The van der Waals surface area contributed by atoms with Gasteiger partial charge in [-0.15, -0.1) is 0 Å². The summed E-state index contributed by atoms with van der Waals surface area (Å²) >= 11 is 0. The number of aromatic hydroxyl groups is 1. The van der Waals surface area contributed by atoms with E-state index in [1.165, 1.54) is 5.57 Å². The second-order valence-corrected chi connectivity index (χ2v) is 6.55. The highest BCUT2D eigenvalue weighted by atomic mass is 16.3. The summed E-state index contributed by atoms with van der Waals surface area (Å²) in [6.07, 6.45) is 5.34. The minimum atomic E-state index is -0.633. The fourth-order valence-corrected chi connectivity index (χ4v) is 3.17. The van der Waals surface area contributed by atoms with Crippen LogP contribution in [0.4, 0.5) is 0 Å². The van der Waals surface area contributed by atoms with E-state index in [9.17, 15) is 10.2 Å². The third-order valence-electron chi connectivity index (χ3n) is 4.65. The van der Waals surface area contributed by atoms with Crippen LogP contribution in [0, 0.1) is 0 Å². The van der Waals surface area contributed by atoms with Crippen molar-refractivity contribution in [1.29, 1.82) is 0 Å². The first-order chi connectivity index (χ1) is 12.5. The zero-order chi connectivity index (χ0) is 19.1. The highest BCUT2D eigenvalue weighted by molar-refractivity contribution is 5.94. The Hall–Kier alpha value is -2.36. The summed E-state index contributed by atoms with van der Waals surface area (Å²) in [5.41, 5.74) is 3.77. The molecule has 3 nitrogen and oxygen atoms in total. The zero-order valence-electron chi connectivity index (χ0n) is 15.6. The number of fused-ring (bicyclic) bond motifs is 1. The molecule has 0 heterocycles. The minimum Gasteiger partial charge on any atom is -0.507 e. The second kappa shape index (κ2) is 9.37. The molecule has 0 aromatic heterocycles. The predicted octanol–water partition coefficient (Wildman–Crippen LogP) is 4.97. The lowest BCUT2D eigenvalue weighted by molar-refractivity contribution is 0.201. The van der Waals surface area contributed by atoms with Gasteiger partial charge in [0.15, 0.2) is 0 Å². The Balaban J connectivity index is 2.23. The number of allylic oxidation sites excluding steroid dienone is 1. The van der Waals surface area contributed by atoms with Gasteiger partial charge in [0.1, 0.15) is 5.75 Å². The first kappa shape index (κ1) is 20.0. The molecule has 0 aliphatic heterocycles. The molecule has 3 heteroatoms. The summed E-state index contributed by atoms with van der Waals surface area (Å²) in [6, 6.07) is 11.4. The molecule has 0 bridgehead atoms. The monoisotopic (exact) mass is 352 g/mol. The predicted molar refractivity (Wildman–Crippen MR) is 109 cm³/mol. The topological polar surface area (TPSA) is 60.7 Å². The third-order valence-corrected chi connectivity index (χ3v) is 4.65. The lowest BCUT2D eigenvalue weighted by Crippen LogP contribution is -2.12. The molecule has 0 amide bonds. The van der Waals surface area contributed by atoms with E-state index in [-0.39, 0.29) is 12.4 Å². The van der Waals surface area contributed by atoms with Crippen molar-refractivity contribution >= 4 is 16.8 Å². The van der Waals surface area contributed by atoms with Crippen LogP contribution in [0.5, 0.6) is 5.75 Å². The van der Waals surface area contributed by atoms with Gasteiger partial charge in [-0.2, -0.15) is 0 Å². The van der Waals surface area contributed by atoms with E-state index in [1.807, 2.05) is 37.3 Å². The summed E-state index contributed by atoms with van der Waals surface area (Å²) < 4.78 is 0. The van der Waals surface area contributed by atoms with Crippen LogP contribution in [-0.4, -0.2) is 28.0 Å². The number of rotatable bonds is 8. The molecule has 0 aliphatic carbocycles. The van der Waals surface area contributed by atoms with E-state index < -0.39 is 6.10 Å². The molecule has 0 aliphatic rings. The number of benzene rings is 2. The third kappa shape index (κ3) is 4.84. The summed E-state index contributed by atoms with van der Waals surface area (Å²) in [5.74, 6) is 0.284. The normalized spacial score (nSPS) is 13.8. The maximum Gasteiger partial charge on any atom is 0.123 e. The average Bonchev–Trinajstić information content (AvgIpc) is 2.64. The summed E-state index contributed by atoms with van der Waals surface area (Å²) in [7, 11) is 0. The lowest BCUT2D eigenvalue weighted by atomic mass is 9.94. The quantitative estimate of drug-likeness (QED) is 0.588. The minimum absolute atomic E-state index is 0.102. The van der Waals surface area contributed by atoms with Crippen molar-refractivity contribution in [3.05, 3.63) is 71.3 Å². The Morgan fingerprint density at radius 2 is 1.85 bits per heavy atom. The second-order valence-electron chi connectivity index (χ2n) is 6.55. The first-order valence-corrected chi connectivity index (χ1v) is 9.03. The Morgan fingerprint density at radius 1 is 1.15 bits per heavy atom. The van der Waals surface area contributed by atoms with E-state index in [0.717, 1.165) is 34.8 Å². The molecule has 3 N–H and O–H groups in total. The lowest BCUT2D eigenvalue weighted by Gasteiger charge is -2.16. The summed E-state index contributed by atoms with van der Waals surface area (Å²) in [6.45, 7) is 7.71. The van der Waals surface area contributed by atoms with Crippen LogP contribution in [0.15, 0.2) is 65.8 Å². The number of phenols is 1. The molecule has 1 atom stereocenters. The Morgan fingerprint density at radius 3 is 2.46 bits per heavy atom. The van der Waals surface area contributed by atoms with Gasteiger partial charge in [-0.05, 0) is 48.8 Å². The maximum atomic E-state index is 10.4. The number of hydrogen-bond donors (Lipinski definition) is 3. The highest BCUT2D eigenvalue weighted by Gasteiger charge is 2.12. The molecule has 2 aromatic rings. The highest BCUT2D eigenvalue weighted by Crippen LogP contribution is 2.30. The van der Waals surface area contributed by atoms with Gasteiger partial charge in [-0.25, -0.2) is 0 Å². The van der Waals surface area contributed by atoms with Gasteiger partial charge in [0, 0.05) is 5.39 Å². The van der Waals surface area contributed by atoms with Gasteiger partial charge in [0.2, 0.25) is 0 Å². The van der Waals surface area contributed by atoms with E-state index in [2.05, 4.69) is 19.6 Å². The molecule has 2 aromatic carbocycles. The summed E-state index contributed by atoms with van der Waals surface area (Å²) in [5, 5.41) is 31.4. The Bertz CT molecular complexity index is 830. The molecule has 1 unspecified atom stereocenters. The van der Waals surface area contributed by atoms with Crippen LogP contribution in [0.3, 0.4) is 0 Å². The van der Waals surface area contributed by atoms with Crippen LogP contribution >= 0.6 is 0 Å². The average molecular weight is 352 g/mol. The number of hydrogen-bond acceptors (Lipinski definition) is 3. The Labute approximate surface area is 155 Å². The summed E-state index contributed by atoms with van der Waals surface area (Å²) in [4.78, 5) is 0. The first-order valence-electron chi connectivity index (χ1n) is 9.03. The van der Waals surface area contributed by atoms with Gasteiger partial charge in [0.25, 0.3) is 0 Å². The Kier molecular flexibility index (Phi) is 7.19. The van der Waals surface area contributed by atoms with Crippen LogP contribution < -0.4 is 0 Å². The molecular formula is C23H28O3. The smallest absolute Gasteiger partial charge is 0.123 e. The molecular weight excluding hydrogens is 324 g/mol. The van der Waals surface area contributed by atoms with Gasteiger partial charge < -0.3 is 15.3 Å². The largest absolute Gasteiger partial charge is 0.507 e. The molecule has 0 saturated carbocycles. The van der Waals surface area contributed by atoms with Crippen LogP contribution in [0.2, 0.25) is 0 Å². The SMILES string of the molecule is C=C(C)/C(=C/CO)C(O)CC/C(=C/c1ccc(O)c2ccccc12)CC. The number of aliphatic hydroxyl groups is 2. The van der Waals surface area contributed by atoms with E-state index >= 15 is 0 Å². The standard InChI is InChI=1S/C23H28O3/c1-4-17(9-11-22(25)19(13-14-24)16(2)3)15-18-10-12-23(26)21-8-6-5-7-20(18)21/h5-8,10,12-13,15,22,24-26H,2,4,9,11,14H2,1,3H3/b17-15+,19-13-. The van der Waals surface area contributed by atoms with E-state index in [4.69, 9.17) is 5.11 Å². The van der Waals surface area contributed by atoms with Crippen molar-refractivity contribution in [2.24, 2.45) is 0 Å². The molecule has 0 spiro atoms. The van der Waals surface area contributed by atoms with Gasteiger partial charge >= 0.3 is 0 Å². The fraction of sp³-hybridized carbons (Fsp3) is 0.304.